The van der Waals surface area contributed by atoms with Crippen LogP contribution in [0.15, 0.2) is 192 Å². The fourth-order valence-corrected chi connectivity index (χ4v) is 14.3. The average Bonchev–Trinajstić information content (AvgIpc) is 3.99. The van der Waals surface area contributed by atoms with Crippen molar-refractivity contribution in [1.82, 2.24) is 0 Å². The third kappa shape index (κ3) is 4.87. The standard InChI is InChI=1S/C60H47NO/c1-2-9-37(10-3-1)39-22-27-45(28-23-39)61(47-31-32-50-49-11-5-7-16-56(49)62-57(50)36-47)46-29-24-40(25-30-46)38-17-19-41(20-18-38)48-13-8-15-54-59(48)51-12-4-6-14-53(51)60(54)44-26-21-42-33-43-34-55(60)58(42)52(43)35-44/h1-20,22-25,27-32,36,42-44,52,55,58H,21,26,33-35H2. The zero-order chi connectivity index (χ0) is 40.5. The number of rotatable bonds is 6. The molecule has 9 aromatic rings. The van der Waals surface area contributed by atoms with Crippen molar-refractivity contribution < 1.29 is 4.42 Å². The molecule has 62 heavy (non-hydrogen) atoms. The SMILES string of the molecule is c1ccc(-c2ccc(N(c3ccc(-c4ccc(-c5cccc6c5-c5ccccc5C65C6CCC7CC8CC5C7C8C6)cc4)cc3)c3ccc4c(c3)oc3ccccc34)cc2)cc1. The molecule has 5 fully saturated rings. The van der Waals surface area contributed by atoms with E-state index < -0.39 is 0 Å². The van der Waals surface area contributed by atoms with E-state index in [2.05, 4.69) is 181 Å². The van der Waals surface area contributed by atoms with Crippen LogP contribution in [0.5, 0.6) is 0 Å². The molecule has 15 rings (SSSR count). The van der Waals surface area contributed by atoms with Crippen LogP contribution in [0.3, 0.4) is 0 Å². The van der Waals surface area contributed by atoms with E-state index >= 15 is 0 Å². The molecule has 1 spiro atoms. The number of hydrogen-bond acceptors (Lipinski definition) is 2. The van der Waals surface area contributed by atoms with Crippen molar-refractivity contribution in [3.63, 3.8) is 0 Å². The van der Waals surface area contributed by atoms with Crippen molar-refractivity contribution >= 4 is 39.0 Å². The fourth-order valence-electron chi connectivity index (χ4n) is 14.3. The van der Waals surface area contributed by atoms with Gasteiger partial charge in [-0.05, 0) is 166 Å². The Bertz CT molecular complexity index is 3200. The Morgan fingerprint density at radius 2 is 1.05 bits per heavy atom. The van der Waals surface area contributed by atoms with Gasteiger partial charge in [0.15, 0.2) is 0 Å². The van der Waals surface area contributed by atoms with Crippen molar-refractivity contribution in [3.8, 4) is 44.5 Å². The van der Waals surface area contributed by atoms with E-state index in [0.717, 1.165) is 74.5 Å². The molecule has 0 aliphatic heterocycles. The van der Waals surface area contributed by atoms with Gasteiger partial charge in [0.1, 0.15) is 11.2 Å². The second-order valence-corrected chi connectivity index (χ2v) is 19.1. The Hall–Kier alpha value is -6.64. The van der Waals surface area contributed by atoms with Gasteiger partial charge >= 0.3 is 0 Å². The summed E-state index contributed by atoms with van der Waals surface area (Å²) in [7, 11) is 0. The van der Waals surface area contributed by atoms with Crippen molar-refractivity contribution in [2.24, 2.45) is 35.5 Å². The second kappa shape index (κ2) is 13.2. The highest BCUT2D eigenvalue weighted by Crippen LogP contribution is 2.76. The van der Waals surface area contributed by atoms with Crippen molar-refractivity contribution in [2.45, 2.75) is 37.5 Å². The van der Waals surface area contributed by atoms with E-state index in [1.54, 1.807) is 11.1 Å². The molecule has 2 nitrogen and oxygen atoms in total. The van der Waals surface area contributed by atoms with Gasteiger partial charge in [-0.15, -0.1) is 0 Å². The highest BCUT2D eigenvalue weighted by atomic mass is 16.3. The summed E-state index contributed by atoms with van der Waals surface area (Å²) in [6.07, 6.45) is 7.27. The largest absolute Gasteiger partial charge is 0.456 e. The summed E-state index contributed by atoms with van der Waals surface area (Å²) in [5, 5.41) is 2.27. The lowest BCUT2D eigenvalue weighted by Gasteiger charge is -2.50. The van der Waals surface area contributed by atoms with Gasteiger partial charge in [0, 0.05) is 39.3 Å². The maximum atomic E-state index is 6.39. The van der Waals surface area contributed by atoms with Crippen molar-refractivity contribution in [3.05, 3.63) is 199 Å². The topological polar surface area (TPSA) is 16.4 Å². The summed E-state index contributed by atoms with van der Waals surface area (Å²) >= 11 is 0. The molecule has 0 amide bonds. The van der Waals surface area contributed by atoms with Gasteiger partial charge in [-0.25, -0.2) is 0 Å². The van der Waals surface area contributed by atoms with E-state index in [-0.39, 0.29) is 5.41 Å². The molecular formula is C60H47NO. The molecule has 7 atom stereocenters. The Balaban J connectivity index is 0.818. The van der Waals surface area contributed by atoms with Crippen LogP contribution in [0, 0.1) is 35.5 Å². The molecule has 6 bridgehead atoms. The molecule has 0 saturated heterocycles. The Morgan fingerprint density at radius 3 is 1.84 bits per heavy atom. The number of nitrogens with zero attached hydrogens (tertiary/aromatic N) is 1. The molecule has 2 heteroatoms. The van der Waals surface area contributed by atoms with Crippen LogP contribution < -0.4 is 4.90 Å². The van der Waals surface area contributed by atoms with E-state index in [9.17, 15) is 0 Å². The van der Waals surface area contributed by atoms with Crippen LogP contribution in [0.25, 0.3) is 66.4 Å². The molecule has 298 valence electrons. The molecule has 6 aliphatic rings. The third-order valence-electron chi connectivity index (χ3n) is 16.6. The molecule has 0 radical (unpaired) electrons. The van der Waals surface area contributed by atoms with E-state index in [0.29, 0.717) is 0 Å². The zero-order valence-electron chi connectivity index (χ0n) is 34.8. The smallest absolute Gasteiger partial charge is 0.137 e. The van der Waals surface area contributed by atoms with E-state index in [1.165, 1.54) is 76.6 Å². The van der Waals surface area contributed by atoms with Gasteiger partial charge in [0.05, 0.1) is 0 Å². The Kier molecular flexibility index (Phi) is 7.44. The monoisotopic (exact) mass is 797 g/mol. The number of fused-ring (bicyclic) bond motifs is 7. The van der Waals surface area contributed by atoms with Crippen molar-refractivity contribution in [2.75, 3.05) is 4.90 Å². The maximum Gasteiger partial charge on any atom is 0.137 e. The fraction of sp³-hybridized carbons (Fsp3) is 0.200. The first-order valence-electron chi connectivity index (χ1n) is 23.0. The van der Waals surface area contributed by atoms with Crippen LogP contribution in [0.1, 0.15) is 43.2 Å². The minimum atomic E-state index is 0.185. The summed E-state index contributed by atoms with van der Waals surface area (Å²) in [5.74, 6) is 5.43. The molecule has 1 aromatic heterocycles. The molecule has 7 unspecified atom stereocenters. The van der Waals surface area contributed by atoms with Crippen LogP contribution in [0.2, 0.25) is 0 Å². The summed E-state index contributed by atoms with van der Waals surface area (Å²) in [4.78, 5) is 2.34. The minimum Gasteiger partial charge on any atom is -0.456 e. The van der Waals surface area contributed by atoms with Gasteiger partial charge in [-0.2, -0.15) is 0 Å². The first-order chi connectivity index (χ1) is 30.7. The second-order valence-electron chi connectivity index (χ2n) is 19.1. The lowest BCUT2D eigenvalue weighted by molar-refractivity contribution is 0.0924. The predicted molar refractivity (Wildman–Crippen MR) is 255 cm³/mol. The third-order valence-corrected chi connectivity index (χ3v) is 16.6. The molecule has 6 aliphatic carbocycles. The lowest BCUT2D eigenvalue weighted by atomic mass is 9.53. The first kappa shape index (κ1) is 35.0. The van der Waals surface area contributed by atoms with Crippen molar-refractivity contribution in [1.29, 1.82) is 0 Å². The van der Waals surface area contributed by atoms with Gasteiger partial charge < -0.3 is 9.32 Å². The van der Waals surface area contributed by atoms with Gasteiger partial charge in [0.25, 0.3) is 0 Å². The van der Waals surface area contributed by atoms with E-state index in [1.807, 2.05) is 12.1 Å². The zero-order valence-corrected chi connectivity index (χ0v) is 34.8. The minimum absolute atomic E-state index is 0.185. The highest BCUT2D eigenvalue weighted by molar-refractivity contribution is 6.06. The number of benzene rings is 8. The molecule has 0 N–H and O–H groups in total. The summed E-state index contributed by atoms with van der Waals surface area (Å²) in [6, 6.07) is 69.8. The predicted octanol–water partition coefficient (Wildman–Crippen LogP) is 16.0. The van der Waals surface area contributed by atoms with E-state index in [4.69, 9.17) is 4.42 Å². The normalized spacial score (nSPS) is 24.8. The summed E-state index contributed by atoms with van der Waals surface area (Å²) in [5.41, 5.74) is 19.1. The van der Waals surface area contributed by atoms with Crippen LogP contribution in [-0.2, 0) is 5.41 Å². The lowest BCUT2D eigenvalue weighted by Crippen LogP contribution is -2.47. The maximum absolute atomic E-state index is 6.39. The average molecular weight is 798 g/mol. The van der Waals surface area contributed by atoms with Crippen LogP contribution in [0.4, 0.5) is 17.1 Å². The van der Waals surface area contributed by atoms with Crippen LogP contribution in [-0.4, -0.2) is 0 Å². The number of anilines is 3. The number of para-hydroxylation sites is 1. The van der Waals surface area contributed by atoms with Gasteiger partial charge in [0.2, 0.25) is 0 Å². The summed E-state index contributed by atoms with van der Waals surface area (Å²) in [6.45, 7) is 0. The van der Waals surface area contributed by atoms with Gasteiger partial charge in [-0.1, -0.05) is 140 Å². The number of furan rings is 1. The first-order valence-corrected chi connectivity index (χ1v) is 23.0. The van der Waals surface area contributed by atoms with Gasteiger partial charge in [-0.3, -0.25) is 0 Å². The molecular weight excluding hydrogens is 751 g/mol. The molecule has 5 saturated carbocycles. The molecule has 8 aromatic carbocycles. The quantitative estimate of drug-likeness (QED) is 0.167. The number of hydrogen-bond donors (Lipinski definition) is 0. The molecule has 1 heterocycles. The van der Waals surface area contributed by atoms with Crippen LogP contribution >= 0.6 is 0 Å². The highest BCUT2D eigenvalue weighted by Gasteiger charge is 2.69. The Labute approximate surface area is 363 Å². The summed E-state index contributed by atoms with van der Waals surface area (Å²) < 4.78 is 6.39. The Morgan fingerprint density at radius 1 is 0.435 bits per heavy atom.